The van der Waals surface area contributed by atoms with E-state index in [0.717, 1.165) is 64.7 Å². The van der Waals surface area contributed by atoms with Crippen molar-refractivity contribution in [2.24, 2.45) is 11.7 Å². The SMILES string of the molecule is CC(C(=O)NC1CC1)N1CCN(C(=O)C2CCCC(N)C2)CC1.Cl.Cl. The fraction of sp³-hybridized carbons (Fsp3) is 0.882. The lowest BCUT2D eigenvalue weighted by Gasteiger charge is -2.39. The van der Waals surface area contributed by atoms with Crippen molar-refractivity contribution in [1.82, 2.24) is 15.1 Å². The second kappa shape index (κ2) is 9.95. The van der Waals surface area contributed by atoms with E-state index in [1.807, 2.05) is 11.8 Å². The Bertz CT molecular complexity index is 454. The predicted octanol–water partition coefficient (Wildman–Crippen LogP) is 1.16. The number of nitrogens with zero attached hydrogens (tertiary/aromatic N) is 2. The Kier molecular flexibility index (Phi) is 8.95. The summed E-state index contributed by atoms with van der Waals surface area (Å²) in [7, 11) is 0. The molecule has 1 heterocycles. The van der Waals surface area contributed by atoms with E-state index in [0.29, 0.717) is 6.04 Å². The van der Waals surface area contributed by atoms with Gasteiger partial charge in [0.1, 0.15) is 0 Å². The minimum atomic E-state index is -0.101. The van der Waals surface area contributed by atoms with Gasteiger partial charge in [0.15, 0.2) is 0 Å². The van der Waals surface area contributed by atoms with Gasteiger partial charge in [-0.3, -0.25) is 14.5 Å². The van der Waals surface area contributed by atoms with E-state index in [9.17, 15) is 9.59 Å². The summed E-state index contributed by atoms with van der Waals surface area (Å²) in [5.74, 6) is 0.515. The van der Waals surface area contributed by atoms with Gasteiger partial charge >= 0.3 is 0 Å². The van der Waals surface area contributed by atoms with Gasteiger partial charge < -0.3 is 16.0 Å². The predicted molar refractivity (Wildman–Crippen MR) is 103 cm³/mol. The maximum atomic E-state index is 12.6. The molecular weight excluding hydrogens is 363 g/mol. The van der Waals surface area contributed by atoms with Crippen LogP contribution in [0.5, 0.6) is 0 Å². The van der Waals surface area contributed by atoms with Crippen molar-refractivity contribution in [3.63, 3.8) is 0 Å². The van der Waals surface area contributed by atoms with Crippen LogP contribution in [0.15, 0.2) is 0 Å². The van der Waals surface area contributed by atoms with Crippen LogP contribution in [0.3, 0.4) is 0 Å². The van der Waals surface area contributed by atoms with Crippen LogP contribution in [0.4, 0.5) is 0 Å². The first kappa shape index (κ1) is 22.5. The highest BCUT2D eigenvalue weighted by Gasteiger charge is 2.33. The number of amides is 2. The van der Waals surface area contributed by atoms with Crippen LogP contribution in [-0.4, -0.2) is 65.9 Å². The number of hydrogen-bond donors (Lipinski definition) is 2. The van der Waals surface area contributed by atoms with Gasteiger partial charge in [0, 0.05) is 44.2 Å². The summed E-state index contributed by atoms with van der Waals surface area (Å²) in [6.07, 6.45) is 6.15. The Hall–Kier alpha value is -0.560. The van der Waals surface area contributed by atoms with E-state index in [1.165, 1.54) is 0 Å². The van der Waals surface area contributed by atoms with E-state index in [2.05, 4.69) is 10.2 Å². The van der Waals surface area contributed by atoms with Gasteiger partial charge in [0.05, 0.1) is 6.04 Å². The van der Waals surface area contributed by atoms with E-state index in [1.54, 1.807) is 0 Å². The molecule has 146 valence electrons. The summed E-state index contributed by atoms with van der Waals surface area (Å²) in [4.78, 5) is 28.9. The highest BCUT2D eigenvalue weighted by molar-refractivity contribution is 5.85. The maximum Gasteiger partial charge on any atom is 0.237 e. The topological polar surface area (TPSA) is 78.7 Å². The van der Waals surface area contributed by atoms with E-state index in [-0.39, 0.29) is 54.6 Å². The van der Waals surface area contributed by atoms with E-state index in [4.69, 9.17) is 5.73 Å². The van der Waals surface area contributed by atoms with Crippen molar-refractivity contribution < 1.29 is 9.59 Å². The molecule has 0 aromatic heterocycles. The number of halogens is 2. The van der Waals surface area contributed by atoms with Gasteiger partial charge in [-0.15, -0.1) is 24.8 Å². The summed E-state index contributed by atoms with van der Waals surface area (Å²) < 4.78 is 0. The van der Waals surface area contributed by atoms with Gasteiger partial charge in [-0.25, -0.2) is 0 Å². The van der Waals surface area contributed by atoms with Crippen LogP contribution in [0.25, 0.3) is 0 Å². The van der Waals surface area contributed by atoms with Crippen LogP contribution in [0.2, 0.25) is 0 Å². The van der Waals surface area contributed by atoms with Crippen LogP contribution in [-0.2, 0) is 9.59 Å². The molecule has 3 N–H and O–H groups in total. The summed E-state index contributed by atoms with van der Waals surface area (Å²) in [6, 6.07) is 0.490. The average Bonchev–Trinajstić information content (AvgIpc) is 3.37. The normalized spacial score (nSPS) is 28.3. The van der Waals surface area contributed by atoms with Crippen molar-refractivity contribution in [1.29, 1.82) is 0 Å². The van der Waals surface area contributed by atoms with Crippen LogP contribution in [0, 0.1) is 5.92 Å². The summed E-state index contributed by atoms with van der Waals surface area (Å²) >= 11 is 0. The molecule has 2 amide bonds. The highest BCUT2D eigenvalue weighted by Crippen LogP contribution is 2.25. The van der Waals surface area contributed by atoms with Gasteiger partial charge in [0.25, 0.3) is 0 Å². The number of piperazine rings is 1. The molecule has 8 heteroatoms. The molecule has 3 fully saturated rings. The zero-order chi connectivity index (χ0) is 16.4. The molecule has 2 saturated carbocycles. The minimum absolute atomic E-state index is 0. The number of hydrogen-bond acceptors (Lipinski definition) is 4. The largest absolute Gasteiger partial charge is 0.352 e. The lowest BCUT2D eigenvalue weighted by atomic mass is 9.85. The maximum absolute atomic E-state index is 12.6. The van der Waals surface area contributed by atoms with Crippen LogP contribution in [0.1, 0.15) is 45.4 Å². The highest BCUT2D eigenvalue weighted by atomic mass is 35.5. The van der Waals surface area contributed by atoms with Crippen LogP contribution < -0.4 is 11.1 Å². The van der Waals surface area contributed by atoms with Gasteiger partial charge in [-0.2, -0.15) is 0 Å². The molecule has 0 bridgehead atoms. The number of carbonyl (C=O) groups excluding carboxylic acids is 2. The molecule has 1 saturated heterocycles. The van der Waals surface area contributed by atoms with Crippen LogP contribution >= 0.6 is 24.8 Å². The lowest BCUT2D eigenvalue weighted by molar-refractivity contribution is -0.139. The molecule has 0 aromatic rings. The zero-order valence-corrected chi connectivity index (χ0v) is 16.6. The van der Waals surface area contributed by atoms with Gasteiger partial charge in [-0.05, 0) is 39.0 Å². The summed E-state index contributed by atoms with van der Waals surface area (Å²) in [5.41, 5.74) is 6.01. The molecule has 25 heavy (non-hydrogen) atoms. The Labute approximate surface area is 163 Å². The molecule has 0 spiro atoms. The van der Waals surface area contributed by atoms with Crippen molar-refractivity contribution in [3.8, 4) is 0 Å². The number of carbonyl (C=O) groups is 2. The lowest BCUT2D eigenvalue weighted by Crippen LogP contribution is -2.56. The molecule has 3 aliphatic rings. The molecule has 0 radical (unpaired) electrons. The Balaban J connectivity index is 0.00000156. The minimum Gasteiger partial charge on any atom is -0.352 e. The third kappa shape index (κ3) is 5.98. The van der Waals surface area contributed by atoms with Crippen molar-refractivity contribution in [2.45, 2.75) is 63.6 Å². The number of nitrogens with two attached hydrogens (primary N) is 1. The van der Waals surface area contributed by atoms with Crippen molar-refractivity contribution in [3.05, 3.63) is 0 Å². The molecular formula is C17H32Cl2N4O2. The first-order valence-electron chi connectivity index (χ1n) is 9.13. The molecule has 1 aliphatic heterocycles. The van der Waals surface area contributed by atoms with Gasteiger partial charge in [-0.1, -0.05) is 6.42 Å². The van der Waals surface area contributed by atoms with Gasteiger partial charge in [0.2, 0.25) is 11.8 Å². The smallest absolute Gasteiger partial charge is 0.237 e. The first-order valence-corrected chi connectivity index (χ1v) is 9.13. The standard InChI is InChI=1S/C17H30N4O2.2ClH/c1-12(16(22)19-15-5-6-15)20-7-9-21(10-8-20)17(23)13-3-2-4-14(18)11-13;;/h12-15H,2-11,18H2,1H3,(H,19,22);2*1H. The Morgan fingerprint density at radius 3 is 2.24 bits per heavy atom. The molecule has 6 nitrogen and oxygen atoms in total. The Morgan fingerprint density at radius 1 is 1.04 bits per heavy atom. The Morgan fingerprint density at radius 2 is 1.68 bits per heavy atom. The second-order valence-corrected chi connectivity index (χ2v) is 7.44. The average molecular weight is 395 g/mol. The summed E-state index contributed by atoms with van der Waals surface area (Å²) in [6.45, 7) is 4.99. The first-order chi connectivity index (χ1) is 11.0. The van der Waals surface area contributed by atoms with E-state index >= 15 is 0 Å². The molecule has 3 rings (SSSR count). The third-order valence-corrected chi connectivity index (χ3v) is 5.54. The second-order valence-electron chi connectivity index (χ2n) is 7.44. The third-order valence-electron chi connectivity index (χ3n) is 5.54. The fourth-order valence-corrected chi connectivity index (χ4v) is 3.75. The quantitative estimate of drug-likeness (QED) is 0.749. The van der Waals surface area contributed by atoms with Crippen molar-refractivity contribution >= 4 is 36.6 Å². The molecule has 2 aliphatic carbocycles. The number of nitrogens with one attached hydrogen (secondary N) is 1. The molecule has 0 aromatic carbocycles. The monoisotopic (exact) mass is 394 g/mol. The summed E-state index contributed by atoms with van der Waals surface area (Å²) in [5, 5.41) is 3.07. The fourth-order valence-electron chi connectivity index (χ4n) is 3.75. The molecule has 3 atom stereocenters. The van der Waals surface area contributed by atoms with E-state index < -0.39 is 0 Å². The number of rotatable bonds is 4. The zero-order valence-electron chi connectivity index (χ0n) is 15.0. The van der Waals surface area contributed by atoms with Crippen molar-refractivity contribution in [2.75, 3.05) is 26.2 Å². The molecule has 3 unspecified atom stereocenters.